The van der Waals surface area contributed by atoms with Crippen LogP contribution < -0.4 is 5.56 Å². The van der Waals surface area contributed by atoms with Crippen LogP contribution in [0.2, 0.25) is 0 Å². The lowest BCUT2D eigenvalue weighted by atomic mass is 9.95. The number of carbonyl (C=O) groups excluding carboxylic acids is 1. The number of aromatic nitrogens is 2. The van der Waals surface area contributed by atoms with Gasteiger partial charge in [0.05, 0.1) is 0 Å². The molecule has 4 aliphatic rings. The summed E-state index contributed by atoms with van der Waals surface area (Å²) in [6.07, 6.45) is 7.80. The number of hydrogen-bond acceptors (Lipinski definition) is 5. The molecule has 7 nitrogen and oxygen atoms in total. The zero-order valence-corrected chi connectivity index (χ0v) is 15.3. The molecule has 0 radical (unpaired) electrons. The molecule has 1 aliphatic carbocycles. The summed E-state index contributed by atoms with van der Waals surface area (Å²) in [6, 6.07) is 3.44. The first kappa shape index (κ1) is 16.7. The van der Waals surface area contributed by atoms with Crippen LogP contribution in [0.25, 0.3) is 5.65 Å². The fourth-order valence-electron chi connectivity index (χ4n) is 4.61. The maximum Gasteiger partial charge on any atom is 0.270 e. The predicted molar refractivity (Wildman–Crippen MR) is 99.8 cm³/mol. The molecular formula is C20H24N4O3. The Labute approximate surface area is 157 Å². The lowest BCUT2D eigenvalue weighted by Crippen LogP contribution is -2.45. The van der Waals surface area contributed by atoms with E-state index in [-0.39, 0.29) is 22.9 Å². The number of fused-ring (bicyclic) bond motifs is 5. The number of hydrogen-bond donors (Lipinski definition) is 1. The van der Waals surface area contributed by atoms with Crippen LogP contribution >= 0.6 is 0 Å². The summed E-state index contributed by atoms with van der Waals surface area (Å²) in [7, 11) is 0. The molecule has 3 aliphatic heterocycles. The van der Waals surface area contributed by atoms with Crippen molar-refractivity contribution in [3.05, 3.63) is 40.4 Å². The highest BCUT2D eigenvalue weighted by atomic mass is 16.3. The van der Waals surface area contributed by atoms with Crippen LogP contribution in [0.1, 0.15) is 36.0 Å². The van der Waals surface area contributed by atoms with Gasteiger partial charge >= 0.3 is 0 Å². The summed E-state index contributed by atoms with van der Waals surface area (Å²) in [5, 5.41) is 9.87. The van der Waals surface area contributed by atoms with E-state index in [1.807, 2.05) is 4.90 Å². The van der Waals surface area contributed by atoms with Crippen molar-refractivity contribution < 1.29 is 9.90 Å². The van der Waals surface area contributed by atoms with Gasteiger partial charge in [0.25, 0.3) is 11.5 Å². The third-order valence-corrected chi connectivity index (χ3v) is 6.25. The van der Waals surface area contributed by atoms with Gasteiger partial charge in [-0.3, -0.25) is 18.9 Å². The first-order chi connectivity index (χ1) is 13.1. The number of pyridine rings is 1. The number of rotatable bonds is 3. The normalized spacial score (nSPS) is 25.7. The number of carbonyl (C=O) groups is 1. The van der Waals surface area contributed by atoms with Crippen LogP contribution in [0.15, 0.2) is 29.3 Å². The molecule has 6 rings (SSSR count). The van der Waals surface area contributed by atoms with Crippen LogP contribution in [0.4, 0.5) is 0 Å². The van der Waals surface area contributed by atoms with Gasteiger partial charge in [-0.25, -0.2) is 4.98 Å². The molecule has 2 atom stereocenters. The average Bonchev–Trinajstić information content (AvgIpc) is 3.50. The highest BCUT2D eigenvalue weighted by Gasteiger charge is 2.39. The second-order valence-corrected chi connectivity index (χ2v) is 8.27. The Morgan fingerprint density at radius 3 is 2.85 bits per heavy atom. The molecule has 2 bridgehead atoms. The number of piperidine rings is 1. The molecule has 1 amide bonds. The highest BCUT2D eigenvalue weighted by Crippen LogP contribution is 2.35. The summed E-state index contributed by atoms with van der Waals surface area (Å²) >= 11 is 0. The van der Waals surface area contributed by atoms with Crippen molar-refractivity contribution in [2.75, 3.05) is 26.2 Å². The third-order valence-electron chi connectivity index (χ3n) is 6.25. The van der Waals surface area contributed by atoms with Gasteiger partial charge in [-0.2, -0.15) is 0 Å². The fourth-order valence-corrected chi connectivity index (χ4v) is 4.61. The molecule has 1 N–H and O–H groups in total. The van der Waals surface area contributed by atoms with E-state index in [9.17, 15) is 14.7 Å². The van der Waals surface area contributed by atoms with Crippen molar-refractivity contribution in [2.45, 2.75) is 31.7 Å². The minimum Gasteiger partial charge on any atom is -0.504 e. The number of nitrogens with zero attached hydrogens (tertiary/aromatic N) is 4. The van der Waals surface area contributed by atoms with Crippen LogP contribution in [0, 0.1) is 11.8 Å². The van der Waals surface area contributed by atoms with Gasteiger partial charge in [0.2, 0.25) is 0 Å². The van der Waals surface area contributed by atoms with Crippen molar-refractivity contribution in [3.8, 4) is 5.75 Å². The van der Waals surface area contributed by atoms with Crippen molar-refractivity contribution >= 4 is 11.6 Å². The van der Waals surface area contributed by atoms with Crippen molar-refractivity contribution in [2.24, 2.45) is 11.8 Å². The monoisotopic (exact) mass is 368 g/mol. The van der Waals surface area contributed by atoms with Crippen LogP contribution in [0.3, 0.4) is 0 Å². The van der Waals surface area contributed by atoms with Gasteiger partial charge in [-0.05, 0) is 49.7 Å². The maximum atomic E-state index is 13.2. The molecular weight excluding hydrogens is 344 g/mol. The van der Waals surface area contributed by atoms with E-state index in [4.69, 9.17) is 0 Å². The van der Waals surface area contributed by atoms with E-state index in [0.717, 1.165) is 31.8 Å². The Hall–Kier alpha value is -2.41. The van der Waals surface area contributed by atoms with Crippen molar-refractivity contribution in [1.29, 1.82) is 0 Å². The molecule has 2 aromatic heterocycles. The topological polar surface area (TPSA) is 78.1 Å². The Morgan fingerprint density at radius 1 is 1.19 bits per heavy atom. The van der Waals surface area contributed by atoms with E-state index in [0.29, 0.717) is 25.0 Å². The first-order valence-electron chi connectivity index (χ1n) is 9.83. The van der Waals surface area contributed by atoms with Gasteiger partial charge in [-0.15, -0.1) is 0 Å². The molecule has 0 spiro atoms. The molecule has 0 aromatic carbocycles. The third kappa shape index (κ3) is 3.00. The maximum absolute atomic E-state index is 13.2. The smallest absolute Gasteiger partial charge is 0.270 e. The molecule has 0 unspecified atom stereocenters. The standard InChI is InChI=1S/C20H24N4O3/c25-17-2-1-7-24-18(17)21-8-16(20(24)27)19(26)23-11-14-5-6-15(12-23)22(10-14)9-13-3-4-13/h1-2,7-8,13-15,25H,3-6,9-12H2/t14-,15-/m1/s1. The predicted octanol–water partition coefficient (Wildman–Crippen LogP) is 1.35. The van der Waals surface area contributed by atoms with E-state index >= 15 is 0 Å². The van der Waals surface area contributed by atoms with Crippen molar-refractivity contribution in [3.63, 3.8) is 0 Å². The van der Waals surface area contributed by atoms with Crippen LogP contribution in [-0.4, -0.2) is 62.4 Å². The fraction of sp³-hybridized carbons (Fsp3) is 0.550. The van der Waals surface area contributed by atoms with Crippen LogP contribution in [-0.2, 0) is 0 Å². The summed E-state index contributed by atoms with van der Waals surface area (Å²) in [4.78, 5) is 34.5. The summed E-state index contributed by atoms with van der Waals surface area (Å²) in [5.74, 6) is 1.01. The average molecular weight is 368 g/mol. The Morgan fingerprint density at radius 2 is 2.04 bits per heavy atom. The van der Waals surface area contributed by atoms with E-state index in [1.54, 1.807) is 6.07 Å². The molecule has 7 heteroatoms. The van der Waals surface area contributed by atoms with Gasteiger partial charge in [-0.1, -0.05) is 0 Å². The lowest BCUT2D eigenvalue weighted by molar-refractivity contribution is 0.0734. The summed E-state index contributed by atoms with van der Waals surface area (Å²) in [5.41, 5.74) is -0.175. The largest absolute Gasteiger partial charge is 0.504 e. The Balaban J connectivity index is 1.43. The second-order valence-electron chi connectivity index (χ2n) is 8.27. The highest BCUT2D eigenvalue weighted by molar-refractivity contribution is 5.94. The van der Waals surface area contributed by atoms with Gasteiger partial charge in [0, 0.05) is 44.6 Å². The lowest BCUT2D eigenvalue weighted by Gasteiger charge is -2.36. The Kier molecular flexibility index (Phi) is 3.93. The minimum absolute atomic E-state index is 0.0721. The van der Waals surface area contributed by atoms with Gasteiger partial charge in [0.1, 0.15) is 5.56 Å². The van der Waals surface area contributed by atoms with E-state index < -0.39 is 5.56 Å². The van der Waals surface area contributed by atoms with E-state index in [1.165, 1.54) is 35.7 Å². The molecule has 2 aromatic rings. The summed E-state index contributed by atoms with van der Waals surface area (Å²) in [6.45, 7) is 3.61. The summed E-state index contributed by atoms with van der Waals surface area (Å²) < 4.78 is 1.24. The molecule has 5 heterocycles. The molecule has 142 valence electrons. The zero-order valence-electron chi connectivity index (χ0n) is 15.3. The van der Waals surface area contributed by atoms with Gasteiger partial charge < -0.3 is 10.0 Å². The molecule has 3 saturated heterocycles. The second kappa shape index (κ2) is 6.34. The number of aromatic hydroxyl groups is 1. The quantitative estimate of drug-likeness (QED) is 0.885. The minimum atomic E-state index is -0.424. The zero-order chi connectivity index (χ0) is 18.5. The van der Waals surface area contributed by atoms with Gasteiger partial charge in [0.15, 0.2) is 11.4 Å². The van der Waals surface area contributed by atoms with Crippen LogP contribution in [0.5, 0.6) is 5.75 Å². The SMILES string of the molecule is O=C(c1cnc2c(O)cccn2c1=O)N1C[C@@H]2CC[C@H](C1)N(CC1CC1)C2. The first-order valence-corrected chi connectivity index (χ1v) is 9.83. The molecule has 1 saturated carbocycles. The Bertz CT molecular complexity index is 952. The molecule has 4 fully saturated rings. The molecule has 27 heavy (non-hydrogen) atoms. The van der Waals surface area contributed by atoms with Crippen molar-refractivity contribution in [1.82, 2.24) is 19.2 Å². The van der Waals surface area contributed by atoms with E-state index in [2.05, 4.69) is 9.88 Å². The number of amides is 1.